The summed E-state index contributed by atoms with van der Waals surface area (Å²) in [5.74, 6) is -1.27. The molecule has 1 atom stereocenters. The molecule has 86 valence electrons. The highest BCUT2D eigenvalue weighted by molar-refractivity contribution is 14.1. The molecule has 0 aliphatic rings. The maximum absolute atomic E-state index is 11.1. The quantitative estimate of drug-likeness (QED) is 0.629. The molecule has 5 heteroatoms. The maximum atomic E-state index is 11.1. The topological polar surface area (TPSA) is 66.4 Å². The van der Waals surface area contributed by atoms with Crippen LogP contribution in [0.3, 0.4) is 0 Å². The standard InChI is InChI=1S/C11H12INO3/c12-7-10(14)13-9(11(15)16)6-8-4-2-1-3-5-8/h1-5,9H,6-7H2,(H,13,14)(H,15,16). The van der Waals surface area contributed by atoms with Gasteiger partial charge in [-0.05, 0) is 5.56 Å². The van der Waals surface area contributed by atoms with Crippen molar-refractivity contribution in [1.82, 2.24) is 5.32 Å². The van der Waals surface area contributed by atoms with Crippen molar-refractivity contribution in [3.63, 3.8) is 0 Å². The Labute approximate surface area is 107 Å². The Morgan fingerprint density at radius 2 is 1.94 bits per heavy atom. The Hall–Kier alpha value is -1.11. The fourth-order valence-corrected chi connectivity index (χ4v) is 1.50. The van der Waals surface area contributed by atoms with E-state index in [2.05, 4.69) is 5.32 Å². The van der Waals surface area contributed by atoms with E-state index in [0.29, 0.717) is 6.42 Å². The molecule has 0 saturated heterocycles. The summed E-state index contributed by atoms with van der Waals surface area (Å²) in [5, 5.41) is 11.4. The molecule has 16 heavy (non-hydrogen) atoms. The molecule has 0 aliphatic carbocycles. The third-order valence-electron chi connectivity index (χ3n) is 2.04. The second kappa shape index (κ2) is 6.47. The SMILES string of the molecule is O=C(CI)NC(Cc1ccccc1)C(=O)O. The normalized spacial score (nSPS) is 11.8. The molecule has 1 aromatic carbocycles. The van der Waals surface area contributed by atoms with Gasteiger partial charge < -0.3 is 10.4 Å². The van der Waals surface area contributed by atoms with Gasteiger partial charge in [-0.1, -0.05) is 52.9 Å². The number of benzene rings is 1. The van der Waals surface area contributed by atoms with Crippen LogP contribution in [0.15, 0.2) is 30.3 Å². The molecule has 0 heterocycles. The minimum Gasteiger partial charge on any atom is -0.480 e. The number of carboxylic acid groups (broad SMARTS) is 1. The van der Waals surface area contributed by atoms with Crippen LogP contribution >= 0.6 is 22.6 Å². The summed E-state index contributed by atoms with van der Waals surface area (Å²) in [6.45, 7) is 0. The summed E-state index contributed by atoms with van der Waals surface area (Å²) in [4.78, 5) is 22.1. The smallest absolute Gasteiger partial charge is 0.326 e. The van der Waals surface area contributed by atoms with Gasteiger partial charge in [-0.25, -0.2) is 4.79 Å². The third-order valence-corrected chi connectivity index (χ3v) is 2.73. The number of aliphatic carboxylic acids is 1. The lowest BCUT2D eigenvalue weighted by Crippen LogP contribution is -2.42. The summed E-state index contributed by atoms with van der Waals surface area (Å²) in [5.41, 5.74) is 0.892. The molecular formula is C11H12INO3. The molecule has 0 aromatic heterocycles. The minimum absolute atomic E-state index is 0.260. The van der Waals surface area contributed by atoms with Crippen molar-refractivity contribution in [3.05, 3.63) is 35.9 Å². The molecule has 0 aliphatic heterocycles. The molecule has 4 nitrogen and oxygen atoms in total. The van der Waals surface area contributed by atoms with Crippen LogP contribution < -0.4 is 5.32 Å². The van der Waals surface area contributed by atoms with Crippen LogP contribution in [0.5, 0.6) is 0 Å². The second-order valence-corrected chi connectivity index (χ2v) is 4.04. The first-order valence-corrected chi connectivity index (χ1v) is 6.28. The molecule has 1 amide bonds. The van der Waals surface area contributed by atoms with Crippen LogP contribution in [-0.2, 0) is 16.0 Å². The number of hydrogen-bond acceptors (Lipinski definition) is 2. The average Bonchev–Trinajstić information content (AvgIpc) is 2.29. The van der Waals surface area contributed by atoms with Crippen molar-refractivity contribution in [2.75, 3.05) is 4.43 Å². The van der Waals surface area contributed by atoms with Gasteiger partial charge in [-0.2, -0.15) is 0 Å². The highest BCUT2D eigenvalue weighted by atomic mass is 127. The van der Waals surface area contributed by atoms with Crippen molar-refractivity contribution < 1.29 is 14.7 Å². The van der Waals surface area contributed by atoms with Crippen molar-refractivity contribution in [1.29, 1.82) is 0 Å². The van der Waals surface area contributed by atoms with E-state index < -0.39 is 12.0 Å². The van der Waals surface area contributed by atoms with E-state index in [4.69, 9.17) is 5.11 Å². The predicted molar refractivity (Wildman–Crippen MR) is 68.6 cm³/mol. The lowest BCUT2D eigenvalue weighted by atomic mass is 10.1. The summed E-state index contributed by atoms with van der Waals surface area (Å²) in [6, 6.07) is 8.37. The number of carbonyl (C=O) groups is 2. The van der Waals surface area contributed by atoms with E-state index in [0.717, 1.165) is 5.56 Å². The van der Waals surface area contributed by atoms with Gasteiger partial charge in [-0.15, -0.1) is 0 Å². The Bertz CT molecular complexity index is 367. The zero-order valence-corrected chi connectivity index (χ0v) is 10.7. The molecule has 2 N–H and O–H groups in total. The van der Waals surface area contributed by atoms with Crippen LogP contribution in [0.4, 0.5) is 0 Å². The van der Waals surface area contributed by atoms with Gasteiger partial charge in [0.2, 0.25) is 5.91 Å². The van der Waals surface area contributed by atoms with E-state index in [9.17, 15) is 9.59 Å². The fraction of sp³-hybridized carbons (Fsp3) is 0.273. The Morgan fingerprint density at radius 3 is 2.44 bits per heavy atom. The van der Waals surface area contributed by atoms with Crippen molar-refractivity contribution in [2.24, 2.45) is 0 Å². The molecule has 0 fully saturated rings. The van der Waals surface area contributed by atoms with Gasteiger partial charge >= 0.3 is 5.97 Å². The highest BCUT2D eigenvalue weighted by Gasteiger charge is 2.19. The number of carbonyl (C=O) groups excluding carboxylic acids is 1. The van der Waals surface area contributed by atoms with Gasteiger partial charge in [0.05, 0.1) is 4.43 Å². The van der Waals surface area contributed by atoms with Crippen molar-refractivity contribution in [3.8, 4) is 0 Å². The maximum Gasteiger partial charge on any atom is 0.326 e. The molecule has 1 unspecified atom stereocenters. The van der Waals surface area contributed by atoms with Gasteiger partial charge in [0.25, 0.3) is 0 Å². The molecule has 1 aromatic rings. The predicted octanol–water partition coefficient (Wildman–Crippen LogP) is 1.23. The van der Waals surface area contributed by atoms with E-state index >= 15 is 0 Å². The summed E-state index contributed by atoms with van der Waals surface area (Å²) >= 11 is 1.90. The first-order valence-electron chi connectivity index (χ1n) is 4.75. The number of nitrogens with one attached hydrogen (secondary N) is 1. The summed E-state index contributed by atoms with van der Waals surface area (Å²) in [6.07, 6.45) is 0.304. The Balaban J connectivity index is 2.65. The van der Waals surface area contributed by atoms with Crippen LogP contribution in [0.1, 0.15) is 5.56 Å². The summed E-state index contributed by atoms with van der Waals surface area (Å²) < 4.78 is 0.260. The van der Waals surface area contributed by atoms with E-state index in [1.54, 1.807) is 0 Å². The van der Waals surface area contributed by atoms with E-state index in [-0.39, 0.29) is 10.3 Å². The molecule has 0 bridgehead atoms. The van der Waals surface area contributed by atoms with Gasteiger partial charge in [-0.3, -0.25) is 4.79 Å². The zero-order valence-electron chi connectivity index (χ0n) is 8.52. The molecule has 0 saturated carbocycles. The Kier molecular flexibility index (Phi) is 5.24. The lowest BCUT2D eigenvalue weighted by molar-refractivity contribution is -0.141. The van der Waals surface area contributed by atoms with E-state index in [1.165, 1.54) is 0 Å². The van der Waals surface area contributed by atoms with Crippen LogP contribution in [0, 0.1) is 0 Å². The largest absolute Gasteiger partial charge is 0.480 e. The van der Waals surface area contributed by atoms with Gasteiger partial charge in [0.1, 0.15) is 6.04 Å². The van der Waals surface area contributed by atoms with E-state index in [1.807, 2.05) is 52.9 Å². The number of alkyl halides is 1. The minimum atomic E-state index is -1.01. The molecule has 0 spiro atoms. The molecule has 0 radical (unpaired) electrons. The van der Waals surface area contributed by atoms with Crippen molar-refractivity contribution in [2.45, 2.75) is 12.5 Å². The lowest BCUT2D eigenvalue weighted by Gasteiger charge is -2.13. The zero-order chi connectivity index (χ0) is 12.0. The third kappa shape index (κ3) is 4.18. The van der Waals surface area contributed by atoms with Crippen molar-refractivity contribution >= 4 is 34.5 Å². The first-order chi connectivity index (χ1) is 7.63. The first kappa shape index (κ1) is 13.0. The number of rotatable bonds is 5. The van der Waals surface area contributed by atoms with Crippen LogP contribution in [-0.4, -0.2) is 27.5 Å². The average molecular weight is 333 g/mol. The molecule has 1 rings (SSSR count). The van der Waals surface area contributed by atoms with Gasteiger partial charge in [0, 0.05) is 6.42 Å². The fourth-order valence-electron chi connectivity index (χ4n) is 1.28. The van der Waals surface area contributed by atoms with Crippen LogP contribution in [0.25, 0.3) is 0 Å². The highest BCUT2D eigenvalue weighted by Crippen LogP contribution is 2.03. The van der Waals surface area contributed by atoms with Gasteiger partial charge in [0.15, 0.2) is 0 Å². The number of carboxylic acids is 1. The Morgan fingerprint density at radius 1 is 1.31 bits per heavy atom. The van der Waals surface area contributed by atoms with Crippen LogP contribution in [0.2, 0.25) is 0 Å². The monoisotopic (exact) mass is 333 g/mol. The summed E-state index contributed by atoms with van der Waals surface area (Å²) in [7, 11) is 0. The number of halogens is 1. The molecular weight excluding hydrogens is 321 g/mol. The second-order valence-electron chi connectivity index (χ2n) is 3.28. The number of hydrogen-bond donors (Lipinski definition) is 2. The number of amides is 1.